The number of nitrogens with zero attached hydrogens (tertiary/aromatic N) is 2. The predicted molar refractivity (Wildman–Crippen MR) is 122 cm³/mol. The van der Waals surface area contributed by atoms with Gasteiger partial charge in [-0.2, -0.15) is 18.3 Å². The third-order valence-corrected chi connectivity index (χ3v) is 5.48. The van der Waals surface area contributed by atoms with E-state index >= 15 is 0 Å². The summed E-state index contributed by atoms with van der Waals surface area (Å²) in [5.74, 6) is 0.773. The molecule has 176 valence electrons. The summed E-state index contributed by atoms with van der Waals surface area (Å²) in [5, 5.41) is 5.12. The van der Waals surface area contributed by atoms with Crippen molar-refractivity contribution in [2.24, 2.45) is 0 Å². The number of aromatic nitrogens is 2. The maximum Gasteiger partial charge on any atom is 0.416 e. The van der Waals surface area contributed by atoms with Gasteiger partial charge in [-0.25, -0.2) is 4.68 Å². The van der Waals surface area contributed by atoms with E-state index in [1.807, 2.05) is 26.0 Å². The van der Waals surface area contributed by atoms with E-state index in [1.165, 1.54) is 10.7 Å². The summed E-state index contributed by atoms with van der Waals surface area (Å²) >= 11 is 0. The first-order valence-electron chi connectivity index (χ1n) is 10.8. The number of hydrogen-bond acceptors (Lipinski definition) is 4. The molecule has 34 heavy (non-hydrogen) atoms. The number of rotatable bonds is 6. The molecule has 3 aromatic carbocycles. The van der Waals surface area contributed by atoms with Gasteiger partial charge in [0.1, 0.15) is 17.6 Å². The van der Waals surface area contributed by atoms with E-state index in [1.54, 1.807) is 43.5 Å². The number of fused-ring (bicyclic) bond motifs is 1. The van der Waals surface area contributed by atoms with Crippen LogP contribution in [-0.4, -0.2) is 15.7 Å². The van der Waals surface area contributed by atoms with Gasteiger partial charge < -0.3 is 9.47 Å². The zero-order valence-corrected chi connectivity index (χ0v) is 18.9. The second-order valence-electron chi connectivity index (χ2n) is 7.90. The molecule has 8 heteroatoms. The second kappa shape index (κ2) is 9.21. The van der Waals surface area contributed by atoms with Gasteiger partial charge in [-0.15, -0.1) is 0 Å². The van der Waals surface area contributed by atoms with Crippen molar-refractivity contribution < 1.29 is 27.4 Å². The fraction of sp³-hybridized carbons (Fsp3) is 0.231. The molecule has 1 atom stereocenters. The Labute approximate surface area is 194 Å². The Morgan fingerprint density at radius 2 is 1.85 bits per heavy atom. The van der Waals surface area contributed by atoms with Gasteiger partial charge in [0.05, 0.1) is 23.0 Å². The number of esters is 1. The lowest BCUT2D eigenvalue weighted by molar-refractivity contribution is -0.137. The van der Waals surface area contributed by atoms with Crippen molar-refractivity contribution in [2.45, 2.75) is 39.5 Å². The molecule has 0 saturated carbocycles. The van der Waals surface area contributed by atoms with Gasteiger partial charge in [-0.1, -0.05) is 25.1 Å². The topological polar surface area (TPSA) is 53.4 Å². The SMILES string of the molecule is CCC(=O)Oc1ccc(OC(C)c2cccc3c2cnn3-c2cccc(C(F)(F)F)c2)cc1C. The maximum absolute atomic E-state index is 13.2. The van der Waals surface area contributed by atoms with Gasteiger partial charge in [0.15, 0.2) is 0 Å². The average molecular weight is 468 g/mol. The third kappa shape index (κ3) is 4.76. The van der Waals surface area contributed by atoms with Gasteiger partial charge in [0.25, 0.3) is 0 Å². The summed E-state index contributed by atoms with van der Waals surface area (Å²) in [7, 11) is 0. The Balaban J connectivity index is 1.62. The third-order valence-electron chi connectivity index (χ3n) is 5.48. The highest BCUT2D eigenvalue weighted by Crippen LogP contribution is 2.33. The Hall–Kier alpha value is -3.81. The number of benzene rings is 3. The molecule has 0 radical (unpaired) electrons. The molecule has 0 N–H and O–H groups in total. The van der Waals surface area contributed by atoms with Crippen molar-refractivity contribution in [1.82, 2.24) is 9.78 Å². The second-order valence-corrected chi connectivity index (χ2v) is 7.90. The van der Waals surface area contributed by atoms with E-state index in [9.17, 15) is 18.0 Å². The van der Waals surface area contributed by atoms with Crippen molar-refractivity contribution >= 4 is 16.9 Å². The molecule has 0 bridgehead atoms. The Bertz CT molecular complexity index is 1340. The first-order valence-corrected chi connectivity index (χ1v) is 10.8. The molecule has 0 aliphatic carbocycles. The minimum Gasteiger partial charge on any atom is -0.486 e. The van der Waals surface area contributed by atoms with Gasteiger partial charge in [0.2, 0.25) is 0 Å². The van der Waals surface area contributed by atoms with Crippen LogP contribution in [0.2, 0.25) is 0 Å². The Morgan fingerprint density at radius 1 is 1.09 bits per heavy atom. The first kappa shape index (κ1) is 23.4. The summed E-state index contributed by atoms with van der Waals surface area (Å²) in [6.07, 6.45) is -2.89. The Morgan fingerprint density at radius 3 is 2.56 bits per heavy atom. The standard InChI is InChI=1S/C26H23F3N2O3/c1-4-25(32)34-24-12-11-20(13-16(24)2)33-17(3)21-9-6-10-23-22(21)15-30-31(23)19-8-5-7-18(14-19)26(27,28)29/h5-15,17H,4H2,1-3H3. The molecule has 4 rings (SSSR count). The molecule has 0 amide bonds. The van der Waals surface area contributed by atoms with Crippen LogP contribution >= 0.6 is 0 Å². The maximum atomic E-state index is 13.2. The smallest absolute Gasteiger partial charge is 0.416 e. The molecule has 0 aliphatic rings. The molecule has 1 heterocycles. The van der Waals surface area contributed by atoms with E-state index in [0.717, 1.165) is 28.6 Å². The number of ether oxygens (including phenoxy) is 2. The molecule has 1 unspecified atom stereocenters. The summed E-state index contributed by atoms with van der Waals surface area (Å²) < 4.78 is 52.4. The number of alkyl halides is 3. The van der Waals surface area contributed by atoms with Crippen LogP contribution in [0.5, 0.6) is 11.5 Å². The van der Waals surface area contributed by atoms with Gasteiger partial charge in [-0.3, -0.25) is 4.79 Å². The minimum atomic E-state index is -4.44. The van der Waals surface area contributed by atoms with Crippen LogP contribution < -0.4 is 9.47 Å². The lowest BCUT2D eigenvalue weighted by atomic mass is 10.1. The van der Waals surface area contributed by atoms with E-state index in [0.29, 0.717) is 22.7 Å². The molecule has 0 spiro atoms. The lowest BCUT2D eigenvalue weighted by Crippen LogP contribution is -2.07. The highest BCUT2D eigenvalue weighted by Gasteiger charge is 2.30. The molecule has 1 aromatic heterocycles. The summed E-state index contributed by atoms with van der Waals surface area (Å²) in [6.45, 7) is 5.44. The van der Waals surface area contributed by atoms with Crippen LogP contribution in [0.15, 0.2) is 66.9 Å². The van der Waals surface area contributed by atoms with Gasteiger partial charge >= 0.3 is 12.1 Å². The highest BCUT2D eigenvalue weighted by atomic mass is 19.4. The first-order chi connectivity index (χ1) is 16.2. The van der Waals surface area contributed by atoms with E-state index < -0.39 is 11.7 Å². The number of carbonyl (C=O) groups is 1. The molecular formula is C26H23F3N2O3. The predicted octanol–water partition coefficient (Wildman–Crippen LogP) is 6.81. The van der Waals surface area contributed by atoms with E-state index in [4.69, 9.17) is 9.47 Å². The van der Waals surface area contributed by atoms with E-state index in [2.05, 4.69) is 5.10 Å². The van der Waals surface area contributed by atoms with Crippen molar-refractivity contribution in [2.75, 3.05) is 0 Å². The number of aryl methyl sites for hydroxylation is 1. The highest BCUT2D eigenvalue weighted by molar-refractivity contribution is 5.84. The molecule has 4 aromatic rings. The van der Waals surface area contributed by atoms with Crippen molar-refractivity contribution in [3.8, 4) is 17.2 Å². The quantitative estimate of drug-likeness (QED) is 0.230. The number of halogens is 3. The Kier molecular flexibility index (Phi) is 6.32. The van der Waals surface area contributed by atoms with Crippen LogP contribution in [-0.2, 0) is 11.0 Å². The molecule has 5 nitrogen and oxygen atoms in total. The van der Waals surface area contributed by atoms with E-state index in [-0.39, 0.29) is 18.5 Å². The van der Waals surface area contributed by atoms with Crippen molar-refractivity contribution in [1.29, 1.82) is 0 Å². The summed E-state index contributed by atoms with van der Waals surface area (Å²) in [5.41, 5.74) is 1.87. The minimum absolute atomic E-state index is 0.285. The van der Waals surface area contributed by atoms with Crippen LogP contribution in [0.4, 0.5) is 13.2 Å². The number of hydrogen-bond donors (Lipinski definition) is 0. The lowest BCUT2D eigenvalue weighted by Gasteiger charge is -2.17. The molecular weight excluding hydrogens is 445 g/mol. The van der Waals surface area contributed by atoms with Crippen molar-refractivity contribution in [3.05, 3.63) is 83.6 Å². The van der Waals surface area contributed by atoms with Crippen LogP contribution in [0, 0.1) is 6.92 Å². The fourth-order valence-corrected chi connectivity index (χ4v) is 3.72. The van der Waals surface area contributed by atoms with Crippen molar-refractivity contribution in [3.63, 3.8) is 0 Å². The summed E-state index contributed by atoms with van der Waals surface area (Å²) in [6, 6.07) is 15.8. The zero-order chi connectivity index (χ0) is 24.5. The monoisotopic (exact) mass is 468 g/mol. The molecule has 0 saturated heterocycles. The van der Waals surface area contributed by atoms with Crippen LogP contribution in [0.1, 0.15) is 43.1 Å². The van der Waals surface area contributed by atoms with Crippen LogP contribution in [0.3, 0.4) is 0 Å². The molecule has 0 fully saturated rings. The zero-order valence-electron chi connectivity index (χ0n) is 18.9. The molecule has 0 aliphatic heterocycles. The fourth-order valence-electron chi connectivity index (χ4n) is 3.72. The summed E-state index contributed by atoms with van der Waals surface area (Å²) in [4.78, 5) is 11.6. The van der Waals surface area contributed by atoms with Crippen LogP contribution in [0.25, 0.3) is 16.6 Å². The van der Waals surface area contributed by atoms with Gasteiger partial charge in [-0.05, 0) is 61.9 Å². The largest absolute Gasteiger partial charge is 0.486 e. The number of carbonyl (C=O) groups excluding carboxylic acids is 1. The van der Waals surface area contributed by atoms with Gasteiger partial charge in [0, 0.05) is 17.4 Å². The average Bonchev–Trinajstić information content (AvgIpc) is 3.24. The normalized spacial score (nSPS) is 12.5.